The van der Waals surface area contributed by atoms with Gasteiger partial charge >= 0.3 is 0 Å². The number of hydrogen-bond donors (Lipinski definition) is 0. The Morgan fingerprint density at radius 1 is 1.12 bits per heavy atom. The average molecular weight is 365 g/mol. The fraction of sp³-hybridized carbons (Fsp3) is 0.375. The van der Waals surface area contributed by atoms with Crippen molar-refractivity contribution in [1.29, 1.82) is 0 Å². The number of nitrogens with zero attached hydrogens (tertiary/aromatic N) is 3. The van der Waals surface area contributed by atoms with Crippen LogP contribution in [-0.4, -0.2) is 60.8 Å². The van der Waals surface area contributed by atoms with Gasteiger partial charge in [-0.05, 0) is 24.3 Å². The molecule has 7 nitrogen and oxygen atoms in total. The number of carbonyl (C=O) groups excluding carboxylic acids is 1. The van der Waals surface area contributed by atoms with Crippen LogP contribution in [0.2, 0.25) is 0 Å². The van der Waals surface area contributed by atoms with E-state index in [1.165, 1.54) is 28.8 Å². The topological polar surface area (TPSA) is 81.5 Å². The van der Waals surface area contributed by atoms with Crippen molar-refractivity contribution in [2.75, 3.05) is 32.1 Å². The van der Waals surface area contributed by atoms with Crippen LogP contribution in [0.1, 0.15) is 10.5 Å². The van der Waals surface area contributed by atoms with Gasteiger partial charge in [0.2, 0.25) is 15.0 Å². The molecule has 1 aromatic carbocycles. The van der Waals surface area contributed by atoms with Gasteiger partial charge in [0.25, 0.3) is 5.91 Å². The minimum absolute atomic E-state index is 0.0670. The van der Waals surface area contributed by atoms with Crippen LogP contribution >= 0.6 is 0 Å². The molecule has 1 fully saturated rings. The lowest BCUT2D eigenvalue weighted by molar-refractivity contribution is 0.0296. The molecule has 0 bridgehead atoms. The summed E-state index contributed by atoms with van der Waals surface area (Å²) in [4.78, 5) is 18.9. The Labute approximate surface area is 143 Å². The number of halogens is 1. The molecular weight excluding hydrogens is 349 g/mol. The number of carbonyl (C=O) groups is 1. The monoisotopic (exact) mass is 365 g/mol. The highest BCUT2D eigenvalue weighted by molar-refractivity contribution is 7.91. The molecule has 0 N–H and O–H groups in total. The standard InChI is InChI=1S/C16H16FN3O4S/c17-12-3-1-11(2-4-12)13-14(15(21)19-5-8-24-9-6-19)20-7-10-25(22,23)16(20)18-13/h1-4H,5-10H2. The van der Waals surface area contributed by atoms with Crippen molar-refractivity contribution in [2.45, 2.75) is 11.7 Å². The molecule has 1 amide bonds. The lowest BCUT2D eigenvalue weighted by atomic mass is 10.1. The van der Waals surface area contributed by atoms with E-state index in [0.29, 0.717) is 31.9 Å². The zero-order valence-electron chi connectivity index (χ0n) is 13.3. The van der Waals surface area contributed by atoms with Crippen molar-refractivity contribution in [3.8, 4) is 11.3 Å². The summed E-state index contributed by atoms with van der Waals surface area (Å²) in [6, 6.07) is 5.51. The number of morpholine rings is 1. The second-order valence-electron chi connectivity index (χ2n) is 5.97. The molecule has 0 atom stereocenters. The second kappa shape index (κ2) is 5.92. The van der Waals surface area contributed by atoms with E-state index in [1.54, 1.807) is 4.90 Å². The van der Waals surface area contributed by atoms with Gasteiger partial charge in [-0.2, -0.15) is 0 Å². The van der Waals surface area contributed by atoms with E-state index in [4.69, 9.17) is 4.74 Å². The van der Waals surface area contributed by atoms with Crippen molar-refractivity contribution in [3.63, 3.8) is 0 Å². The van der Waals surface area contributed by atoms with E-state index in [2.05, 4.69) is 4.98 Å². The molecule has 0 radical (unpaired) electrons. The molecule has 25 heavy (non-hydrogen) atoms. The van der Waals surface area contributed by atoms with Crippen LogP contribution < -0.4 is 0 Å². The number of rotatable bonds is 2. The third kappa shape index (κ3) is 2.73. The molecule has 1 saturated heterocycles. The van der Waals surface area contributed by atoms with Gasteiger partial charge in [-0.3, -0.25) is 4.79 Å². The van der Waals surface area contributed by atoms with Gasteiger partial charge in [0.05, 0.1) is 19.0 Å². The molecule has 4 rings (SSSR count). The number of benzene rings is 1. The summed E-state index contributed by atoms with van der Waals surface area (Å²) >= 11 is 0. The molecule has 1 aromatic heterocycles. The van der Waals surface area contributed by atoms with Crippen LogP contribution in [-0.2, 0) is 21.1 Å². The summed E-state index contributed by atoms with van der Waals surface area (Å²) in [6.45, 7) is 1.95. The maximum absolute atomic E-state index is 13.2. The van der Waals surface area contributed by atoms with Gasteiger partial charge in [0, 0.05) is 25.2 Å². The predicted octanol–water partition coefficient (Wildman–Crippen LogP) is 0.949. The minimum atomic E-state index is -3.51. The van der Waals surface area contributed by atoms with E-state index >= 15 is 0 Å². The third-order valence-electron chi connectivity index (χ3n) is 4.41. The minimum Gasteiger partial charge on any atom is -0.378 e. The largest absolute Gasteiger partial charge is 0.378 e. The molecule has 3 heterocycles. The first-order valence-electron chi connectivity index (χ1n) is 7.93. The van der Waals surface area contributed by atoms with Crippen LogP contribution in [0.5, 0.6) is 0 Å². The highest BCUT2D eigenvalue weighted by Crippen LogP contribution is 2.31. The Morgan fingerprint density at radius 3 is 2.48 bits per heavy atom. The molecule has 2 aliphatic heterocycles. The lowest BCUT2D eigenvalue weighted by Crippen LogP contribution is -2.41. The van der Waals surface area contributed by atoms with Gasteiger partial charge < -0.3 is 14.2 Å². The van der Waals surface area contributed by atoms with Gasteiger partial charge in [-0.15, -0.1) is 0 Å². The summed E-state index contributed by atoms with van der Waals surface area (Å²) in [5.41, 5.74) is 1.02. The van der Waals surface area contributed by atoms with Crippen LogP contribution in [0.3, 0.4) is 0 Å². The van der Waals surface area contributed by atoms with Crippen molar-refractivity contribution in [3.05, 3.63) is 35.8 Å². The van der Waals surface area contributed by atoms with Crippen LogP contribution in [0, 0.1) is 5.82 Å². The third-order valence-corrected chi connectivity index (χ3v) is 6.00. The van der Waals surface area contributed by atoms with E-state index < -0.39 is 15.7 Å². The highest BCUT2D eigenvalue weighted by atomic mass is 32.2. The number of hydrogen-bond acceptors (Lipinski definition) is 5. The molecular formula is C16H16FN3O4S. The van der Waals surface area contributed by atoms with Crippen LogP contribution in [0.4, 0.5) is 4.39 Å². The van der Waals surface area contributed by atoms with E-state index in [9.17, 15) is 17.6 Å². The molecule has 0 unspecified atom stereocenters. The summed E-state index contributed by atoms with van der Waals surface area (Å²) < 4.78 is 44.4. The Kier molecular flexibility index (Phi) is 3.84. The van der Waals surface area contributed by atoms with Crippen molar-refractivity contribution in [1.82, 2.24) is 14.5 Å². The van der Waals surface area contributed by atoms with E-state index in [1.807, 2.05) is 0 Å². The quantitative estimate of drug-likeness (QED) is 0.791. The number of aromatic nitrogens is 2. The van der Waals surface area contributed by atoms with Crippen molar-refractivity contribution >= 4 is 15.7 Å². The Bertz CT molecular complexity index is 931. The summed E-state index contributed by atoms with van der Waals surface area (Å²) in [6.07, 6.45) is 0. The zero-order chi connectivity index (χ0) is 17.6. The van der Waals surface area contributed by atoms with E-state index in [0.717, 1.165) is 0 Å². The highest BCUT2D eigenvalue weighted by Gasteiger charge is 2.37. The fourth-order valence-electron chi connectivity index (χ4n) is 3.12. The van der Waals surface area contributed by atoms with Gasteiger partial charge in [0.1, 0.15) is 17.2 Å². The number of imidazole rings is 1. The second-order valence-corrected chi connectivity index (χ2v) is 7.98. The number of sulfone groups is 1. The number of fused-ring (bicyclic) bond motifs is 1. The molecule has 132 valence electrons. The van der Waals surface area contributed by atoms with Crippen LogP contribution in [0.25, 0.3) is 11.3 Å². The maximum Gasteiger partial charge on any atom is 0.272 e. The molecule has 2 aromatic rings. The first-order valence-corrected chi connectivity index (χ1v) is 9.59. The van der Waals surface area contributed by atoms with Crippen molar-refractivity contribution in [2.24, 2.45) is 0 Å². The normalized spacial score (nSPS) is 19.0. The maximum atomic E-state index is 13.2. The molecule has 2 aliphatic rings. The Morgan fingerprint density at radius 2 is 1.80 bits per heavy atom. The van der Waals surface area contributed by atoms with Crippen molar-refractivity contribution < 1.29 is 22.3 Å². The van der Waals surface area contributed by atoms with Gasteiger partial charge in [0.15, 0.2) is 0 Å². The first kappa shape index (κ1) is 16.2. The SMILES string of the molecule is O=C(c1c(-c2ccc(F)cc2)nc2n1CCS2(=O)=O)N1CCOCC1. The average Bonchev–Trinajstić information content (AvgIpc) is 3.14. The number of amides is 1. The molecule has 0 spiro atoms. The van der Waals surface area contributed by atoms with Gasteiger partial charge in [-0.25, -0.2) is 17.8 Å². The fourth-order valence-corrected chi connectivity index (χ4v) is 4.48. The van der Waals surface area contributed by atoms with Crippen LogP contribution in [0.15, 0.2) is 29.4 Å². The summed E-state index contributed by atoms with van der Waals surface area (Å²) in [7, 11) is -3.51. The van der Waals surface area contributed by atoms with E-state index in [-0.39, 0.29) is 34.7 Å². The molecule has 0 saturated carbocycles. The number of ether oxygens (including phenoxy) is 1. The van der Waals surface area contributed by atoms with Gasteiger partial charge in [-0.1, -0.05) is 0 Å². The Hall–Kier alpha value is -2.26. The molecule has 0 aliphatic carbocycles. The predicted molar refractivity (Wildman–Crippen MR) is 86.4 cm³/mol. The smallest absolute Gasteiger partial charge is 0.272 e. The summed E-state index contributed by atoms with van der Waals surface area (Å²) in [5, 5.41) is -0.0940. The Balaban J connectivity index is 1.86. The molecule has 9 heteroatoms. The first-order chi connectivity index (χ1) is 12.0. The lowest BCUT2D eigenvalue weighted by Gasteiger charge is -2.27. The summed E-state index contributed by atoms with van der Waals surface area (Å²) in [5.74, 6) is -0.759. The zero-order valence-corrected chi connectivity index (χ0v) is 14.1.